The predicted molar refractivity (Wildman–Crippen MR) is 126 cm³/mol. The number of hydrogen-bond donors (Lipinski definition) is 1. The molecule has 0 atom stereocenters. The van der Waals surface area contributed by atoms with Crippen molar-refractivity contribution in [1.82, 2.24) is 9.47 Å². The van der Waals surface area contributed by atoms with Crippen LogP contribution >= 0.6 is 0 Å². The summed E-state index contributed by atoms with van der Waals surface area (Å²) in [4.78, 5) is 20.2. The molecule has 0 fully saturated rings. The van der Waals surface area contributed by atoms with Crippen LogP contribution in [0, 0.1) is 13.8 Å². The molecule has 1 N–H and O–H groups in total. The maximum absolute atomic E-state index is 13.2. The van der Waals surface area contributed by atoms with E-state index in [4.69, 9.17) is 0 Å². The summed E-state index contributed by atoms with van der Waals surface area (Å²) < 4.78 is 1.40. The van der Waals surface area contributed by atoms with Gasteiger partial charge < -0.3 is 10.0 Å². The third kappa shape index (κ3) is 4.46. The number of hydrogen-bond acceptors (Lipinski definition) is 4. The summed E-state index contributed by atoms with van der Waals surface area (Å²) in [5, 5.41) is 12.4. The maximum atomic E-state index is 13.2. The molecule has 0 saturated carbocycles. The van der Waals surface area contributed by atoms with Gasteiger partial charge in [-0.1, -0.05) is 44.2 Å². The first-order valence-electron chi connectivity index (χ1n) is 10.6. The van der Waals surface area contributed by atoms with Crippen LogP contribution in [-0.4, -0.2) is 47.0 Å². The molecule has 0 bridgehead atoms. The minimum atomic E-state index is -0.226. The molecular weight excluding hydrogens is 374 g/mol. The van der Waals surface area contributed by atoms with Crippen LogP contribution in [-0.2, 0) is 0 Å². The molecule has 0 spiro atoms. The average Bonchev–Trinajstić information content (AvgIpc) is 2.75. The van der Waals surface area contributed by atoms with Crippen molar-refractivity contribution in [3.63, 3.8) is 0 Å². The Kier molecular flexibility index (Phi) is 7.06. The Morgan fingerprint density at radius 2 is 1.77 bits per heavy atom. The van der Waals surface area contributed by atoms with Crippen molar-refractivity contribution in [2.45, 2.75) is 34.1 Å². The summed E-state index contributed by atoms with van der Waals surface area (Å²) in [6.45, 7) is 12.0. The third-order valence-corrected chi connectivity index (χ3v) is 5.59. The van der Waals surface area contributed by atoms with E-state index < -0.39 is 0 Å². The van der Waals surface area contributed by atoms with Crippen LogP contribution in [0.5, 0.6) is 5.88 Å². The lowest BCUT2D eigenvalue weighted by Crippen LogP contribution is -2.24. The zero-order chi connectivity index (χ0) is 21.7. The lowest BCUT2D eigenvalue weighted by atomic mass is 10.1. The SMILES string of the molecule is CCN(CC)CCCN=Cc1c(O)n(-c2cc(C)ccc2C)c(=O)c2ccccc12. The van der Waals surface area contributed by atoms with Crippen molar-refractivity contribution in [1.29, 1.82) is 0 Å². The number of aliphatic imine (C=N–C) groups is 1. The molecule has 5 nitrogen and oxygen atoms in total. The number of aromatic nitrogens is 1. The molecule has 3 aromatic rings. The van der Waals surface area contributed by atoms with Gasteiger partial charge in [-0.3, -0.25) is 9.79 Å². The van der Waals surface area contributed by atoms with Gasteiger partial charge in [-0.25, -0.2) is 4.57 Å². The van der Waals surface area contributed by atoms with Crippen LogP contribution in [0.15, 0.2) is 52.3 Å². The normalized spacial score (nSPS) is 11.8. The summed E-state index contributed by atoms with van der Waals surface area (Å²) in [6, 6.07) is 13.3. The number of nitrogens with zero attached hydrogens (tertiary/aromatic N) is 3. The first-order valence-corrected chi connectivity index (χ1v) is 10.6. The Labute approximate surface area is 178 Å². The first kappa shape index (κ1) is 21.8. The molecule has 3 rings (SSSR count). The van der Waals surface area contributed by atoms with Crippen LogP contribution in [0.25, 0.3) is 16.5 Å². The van der Waals surface area contributed by atoms with Crippen molar-refractivity contribution < 1.29 is 5.11 Å². The van der Waals surface area contributed by atoms with Crippen molar-refractivity contribution in [2.24, 2.45) is 4.99 Å². The molecule has 158 valence electrons. The number of rotatable bonds is 8. The zero-order valence-corrected chi connectivity index (χ0v) is 18.4. The van der Waals surface area contributed by atoms with E-state index in [0.29, 0.717) is 28.6 Å². The molecule has 5 heteroatoms. The van der Waals surface area contributed by atoms with Crippen LogP contribution in [0.4, 0.5) is 0 Å². The minimum absolute atomic E-state index is 0.0695. The second-order valence-electron chi connectivity index (χ2n) is 7.63. The van der Waals surface area contributed by atoms with Crippen LogP contribution in [0.2, 0.25) is 0 Å². The van der Waals surface area contributed by atoms with Gasteiger partial charge in [0.25, 0.3) is 5.56 Å². The molecule has 0 radical (unpaired) electrons. The van der Waals surface area contributed by atoms with Crippen molar-refractivity contribution >= 4 is 17.0 Å². The molecule has 0 amide bonds. The van der Waals surface area contributed by atoms with Gasteiger partial charge in [0.2, 0.25) is 5.88 Å². The second-order valence-corrected chi connectivity index (χ2v) is 7.63. The fourth-order valence-corrected chi connectivity index (χ4v) is 3.75. The van der Waals surface area contributed by atoms with E-state index in [1.165, 1.54) is 4.57 Å². The maximum Gasteiger partial charge on any atom is 0.265 e. The van der Waals surface area contributed by atoms with Gasteiger partial charge in [-0.05, 0) is 63.2 Å². The summed E-state index contributed by atoms with van der Waals surface area (Å²) in [5.74, 6) is -0.0695. The number of fused-ring (bicyclic) bond motifs is 1. The van der Waals surface area contributed by atoms with E-state index >= 15 is 0 Å². The highest BCUT2D eigenvalue weighted by atomic mass is 16.3. The van der Waals surface area contributed by atoms with Crippen molar-refractivity contribution in [3.8, 4) is 11.6 Å². The van der Waals surface area contributed by atoms with E-state index in [1.54, 1.807) is 12.3 Å². The molecule has 0 saturated heterocycles. The second kappa shape index (κ2) is 9.72. The molecule has 0 aliphatic carbocycles. The number of aryl methyl sites for hydroxylation is 2. The highest BCUT2D eigenvalue weighted by Crippen LogP contribution is 2.27. The van der Waals surface area contributed by atoms with E-state index in [1.807, 2.05) is 50.2 Å². The summed E-state index contributed by atoms with van der Waals surface area (Å²) in [7, 11) is 0. The molecule has 0 aliphatic rings. The third-order valence-electron chi connectivity index (χ3n) is 5.59. The Morgan fingerprint density at radius 1 is 1.07 bits per heavy atom. The number of aromatic hydroxyl groups is 1. The quantitative estimate of drug-likeness (QED) is 0.444. The Balaban J connectivity index is 2.05. The molecule has 2 aromatic carbocycles. The Bertz CT molecular complexity index is 1110. The highest BCUT2D eigenvalue weighted by Gasteiger charge is 2.17. The smallest absolute Gasteiger partial charge is 0.265 e. The molecule has 0 aliphatic heterocycles. The van der Waals surface area contributed by atoms with Crippen LogP contribution in [0.1, 0.15) is 37.0 Å². The summed E-state index contributed by atoms with van der Waals surface area (Å²) in [6.07, 6.45) is 2.66. The molecule has 0 unspecified atom stereocenters. The van der Waals surface area contributed by atoms with E-state index in [-0.39, 0.29) is 11.4 Å². The van der Waals surface area contributed by atoms with Gasteiger partial charge in [0.1, 0.15) is 0 Å². The molecular formula is C25H31N3O2. The van der Waals surface area contributed by atoms with Crippen molar-refractivity contribution in [3.05, 3.63) is 69.5 Å². The number of benzene rings is 2. The van der Waals surface area contributed by atoms with Gasteiger partial charge in [-0.15, -0.1) is 0 Å². The Hall–Kier alpha value is -2.92. The van der Waals surface area contributed by atoms with E-state index in [9.17, 15) is 9.90 Å². The predicted octanol–water partition coefficient (Wildman–Crippen LogP) is 4.46. The van der Waals surface area contributed by atoms with Gasteiger partial charge in [0, 0.05) is 23.5 Å². The molecule has 1 aromatic heterocycles. The van der Waals surface area contributed by atoms with Crippen molar-refractivity contribution in [2.75, 3.05) is 26.2 Å². The fourth-order valence-electron chi connectivity index (χ4n) is 3.75. The van der Waals surface area contributed by atoms with Gasteiger partial charge >= 0.3 is 0 Å². The topological polar surface area (TPSA) is 57.8 Å². The standard InChI is InChI=1S/C25H31N3O2/c1-5-27(6-2)15-9-14-26-17-22-20-10-7-8-11-21(20)24(29)28(25(22)30)23-16-18(3)12-13-19(23)4/h7-8,10-13,16-17,30H,5-6,9,14-15H2,1-4H3. The van der Waals surface area contributed by atoms with Gasteiger partial charge in [-0.2, -0.15) is 0 Å². The monoisotopic (exact) mass is 405 g/mol. The Morgan fingerprint density at radius 3 is 2.47 bits per heavy atom. The fraction of sp³-hybridized carbons (Fsp3) is 0.360. The van der Waals surface area contributed by atoms with E-state index in [0.717, 1.165) is 37.2 Å². The average molecular weight is 406 g/mol. The lowest BCUT2D eigenvalue weighted by Gasteiger charge is -2.17. The highest BCUT2D eigenvalue weighted by molar-refractivity contribution is 6.01. The van der Waals surface area contributed by atoms with Gasteiger partial charge in [0.15, 0.2) is 0 Å². The van der Waals surface area contributed by atoms with E-state index in [2.05, 4.69) is 23.7 Å². The summed E-state index contributed by atoms with van der Waals surface area (Å²) in [5.41, 5.74) is 3.00. The molecule has 30 heavy (non-hydrogen) atoms. The minimum Gasteiger partial charge on any atom is -0.494 e. The van der Waals surface area contributed by atoms with Crippen LogP contribution < -0.4 is 5.56 Å². The summed E-state index contributed by atoms with van der Waals surface area (Å²) >= 11 is 0. The largest absolute Gasteiger partial charge is 0.494 e. The number of pyridine rings is 1. The van der Waals surface area contributed by atoms with Crippen LogP contribution in [0.3, 0.4) is 0 Å². The molecule has 1 heterocycles. The zero-order valence-electron chi connectivity index (χ0n) is 18.4. The first-order chi connectivity index (χ1) is 14.5. The lowest BCUT2D eigenvalue weighted by molar-refractivity contribution is 0.302. The van der Waals surface area contributed by atoms with Gasteiger partial charge in [0.05, 0.1) is 11.3 Å².